The second-order valence-corrected chi connectivity index (χ2v) is 10.8. The summed E-state index contributed by atoms with van der Waals surface area (Å²) in [7, 11) is -4.32. The van der Waals surface area contributed by atoms with E-state index in [9.17, 15) is 18.0 Å². The molecule has 10 heteroatoms. The monoisotopic (exact) mass is 565 g/mol. The Kier molecular flexibility index (Phi) is 9.70. The molecule has 0 aromatic heterocycles. The zero-order valence-electron chi connectivity index (χ0n) is 22.2. The maximum absolute atomic E-state index is 13.3. The van der Waals surface area contributed by atoms with Crippen LogP contribution in [-0.2, 0) is 46.5 Å². The number of benzene rings is 3. The molecule has 0 saturated carbocycles. The van der Waals surface area contributed by atoms with Gasteiger partial charge in [0.15, 0.2) is 6.10 Å². The van der Waals surface area contributed by atoms with E-state index in [0.717, 1.165) is 16.7 Å². The van der Waals surface area contributed by atoms with Crippen molar-refractivity contribution in [3.8, 4) is 0 Å². The van der Waals surface area contributed by atoms with Crippen molar-refractivity contribution in [1.29, 1.82) is 0 Å². The van der Waals surface area contributed by atoms with Crippen LogP contribution < -0.4 is 0 Å². The van der Waals surface area contributed by atoms with Gasteiger partial charge in [-0.05, 0) is 36.3 Å². The van der Waals surface area contributed by atoms with E-state index >= 15 is 0 Å². The van der Waals surface area contributed by atoms with Gasteiger partial charge in [-0.15, -0.1) is 0 Å². The quantitative estimate of drug-likeness (QED) is 0.256. The Hall–Kier alpha value is -3.99. The average molecular weight is 566 g/mol. The highest BCUT2D eigenvalue weighted by Gasteiger charge is 2.44. The molecule has 40 heavy (non-hydrogen) atoms. The lowest BCUT2D eigenvalue weighted by Crippen LogP contribution is -2.56. The molecule has 0 saturated heterocycles. The van der Waals surface area contributed by atoms with Gasteiger partial charge in [-0.3, -0.25) is 13.9 Å². The molecule has 3 atom stereocenters. The van der Waals surface area contributed by atoms with E-state index < -0.39 is 40.4 Å². The van der Waals surface area contributed by atoms with E-state index in [1.165, 1.54) is 36.2 Å². The lowest BCUT2D eigenvalue weighted by Gasteiger charge is -2.39. The van der Waals surface area contributed by atoms with Gasteiger partial charge in [-0.2, -0.15) is 8.42 Å². The number of carbonyl (C=O) groups is 2. The van der Waals surface area contributed by atoms with Crippen LogP contribution in [0.4, 0.5) is 4.79 Å². The zero-order chi connectivity index (χ0) is 28.5. The van der Waals surface area contributed by atoms with Crippen LogP contribution in [0.5, 0.6) is 0 Å². The fourth-order valence-corrected chi connectivity index (χ4v) is 5.25. The molecule has 1 amide bonds. The number of rotatable bonds is 10. The summed E-state index contributed by atoms with van der Waals surface area (Å²) in [5.74, 6) is -0.639. The van der Waals surface area contributed by atoms with E-state index in [1.807, 2.05) is 67.6 Å². The smallest absolute Gasteiger partial charge is 0.414 e. The minimum Gasteiger partial charge on any atom is -0.455 e. The molecule has 210 valence electrons. The van der Waals surface area contributed by atoms with Crippen LogP contribution in [0.25, 0.3) is 0 Å². The second-order valence-electron chi connectivity index (χ2n) is 9.26. The summed E-state index contributed by atoms with van der Waals surface area (Å²) in [6, 6.07) is 23.6. The molecular formula is C30H31NO8S. The number of aryl methyl sites for hydroxylation is 1. The summed E-state index contributed by atoms with van der Waals surface area (Å²) < 4.78 is 49.2. The van der Waals surface area contributed by atoms with Crippen molar-refractivity contribution in [2.75, 3.05) is 6.61 Å². The third-order valence-electron chi connectivity index (χ3n) is 6.16. The minimum atomic E-state index is -4.32. The molecular weight excluding hydrogens is 534 g/mol. The molecule has 0 unspecified atom stereocenters. The molecule has 0 fully saturated rings. The molecule has 1 aliphatic rings. The molecule has 3 aromatic rings. The number of nitrogens with zero attached hydrogens (tertiary/aromatic N) is 1. The van der Waals surface area contributed by atoms with Crippen LogP contribution in [0, 0.1) is 6.92 Å². The summed E-state index contributed by atoms with van der Waals surface area (Å²) in [5.41, 5.74) is 2.53. The molecule has 9 nitrogen and oxygen atoms in total. The van der Waals surface area contributed by atoms with Crippen LogP contribution in [0.3, 0.4) is 0 Å². The van der Waals surface area contributed by atoms with Crippen molar-refractivity contribution in [3.05, 3.63) is 114 Å². The molecule has 0 aliphatic carbocycles. The highest BCUT2D eigenvalue weighted by molar-refractivity contribution is 7.86. The Morgan fingerprint density at radius 1 is 0.850 bits per heavy atom. The number of esters is 1. The molecule has 4 rings (SSSR count). The first kappa shape index (κ1) is 29.0. The second kappa shape index (κ2) is 13.4. The summed E-state index contributed by atoms with van der Waals surface area (Å²) in [4.78, 5) is 26.3. The van der Waals surface area contributed by atoms with Crippen LogP contribution in [0.15, 0.2) is 102 Å². The molecule has 1 heterocycles. The molecule has 3 aromatic carbocycles. The molecule has 0 spiro atoms. The van der Waals surface area contributed by atoms with E-state index in [1.54, 1.807) is 12.1 Å². The average Bonchev–Trinajstić information content (AvgIpc) is 2.94. The van der Waals surface area contributed by atoms with Gasteiger partial charge in [0.05, 0.1) is 24.2 Å². The Labute approximate surface area is 234 Å². The minimum absolute atomic E-state index is 0.00215. The summed E-state index contributed by atoms with van der Waals surface area (Å²) >= 11 is 0. The van der Waals surface area contributed by atoms with Crippen LogP contribution in [0.2, 0.25) is 0 Å². The Balaban J connectivity index is 1.62. The van der Waals surface area contributed by atoms with Crippen LogP contribution in [-0.4, -0.2) is 50.2 Å². The fourth-order valence-electron chi connectivity index (χ4n) is 4.14. The maximum atomic E-state index is 13.3. The molecule has 0 radical (unpaired) electrons. The first-order valence-electron chi connectivity index (χ1n) is 12.7. The Bertz CT molecular complexity index is 1410. The van der Waals surface area contributed by atoms with Gasteiger partial charge >= 0.3 is 12.1 Å². The number of amides is 1. The summed E-state index contributed by atoms with van der Waals surface area (Å²) in [6.07, 6.45) is -0.373. The number of ether oxygens (including phenoxy) is 3. The van der Waals surface area contributed by atoms with E-state index in [0.29, 0.717) is 0 Å². The first-order valence-corrected chi connectivity index (χ1v) is 14.1. The Morgan fingerprint density at radius 3 is 2.05 bits per heavy atom. The van der Waals surface area contributed by atoms with Crippen LogP contribution in [0.1, 0.15) is 23.6 Å². The topological polar surface area (TPSA) is 108 Å². The summed E-state index contributed by atoms with van der Waals surface area (Å²) in [6.45, 7) is 3.11. The molecule has 0 N–H and O–H groups in total. The number of hydrogen-bond acceptors (Lipinski definition) is 8. The van der Waals surface area contributed by atoms with Gasteiger partial charge in [-0.25, -0.2) is 4.79 Å². The SMILES string of the molecule is CC(=O)O[C@@H]1C=CN(C(=O)OCc2ccccc2)[C@H](COCc2ccccc2)[C@H]1OS(=O)(=O)c1ccc(C)cc1. The maximum Gasteiger partial charge on any atom is 0.414 e. The van der Waals surface area contributed by atoms with E-state index in [4.69, 9.17) is 18.4 Å². The van der Waals surface area contributed by atoms with Gasteiger partial charge in [0.1, 0.15) is 12.7 Å². The fraction of sp³-hybridized carbons (Fsp3) is 0.267. The van der Waals surface area contributed by atoms with Crippen molar-refractivity contribution in [2.45, 2.75) is 50.2 Å². The van der Waals surface area contributed by atoms with E-state index in [-0.39, 0.29) is 24.7 Å². The number of carbonyl (C=O) groups excluding carboxylic acids is 2. The largest absolute Gasteiger partial charge is 0.455 e. The summed E-state index contributed by atoms with van der Waals surface area (Å²) in [5, 5.41) is 0. The zero-order valence-corrected chi connectivity index (χ0v) is 23.0. The van der Waals surface area contributed by atoms with Gasteiger partial charge in [0, 0.05) is 13.1 Å². The molecule has 0 bridgehead atoms. The normalized spacial score (nSPS) is 18.8. The van der Waals surface area contributed by atoms with Gasteiger partial charge in [0.2, 0.25) is 0 Å². The highest BCUT2D eigenvalue weighted by Crippen LogP contribution is 2.27. The predicted molar refractivity (Wildman–Crippen MR) is 146 cm³/mol. The first-order chi connectivity index (χ1) is 19.2. The van der Waals surface area contributed by atoms with Gasteiger partial charge in [-0.1, -0.05) is 78.4 Å². The van der Waals surface area contributed by atoms with Crippen molar-refractivity contribution in [1.82, 2.24) is 4.90 Å². The van der Waals surface area contributed by atoms with Crippen molar-refractivity contribution in [3.63, 3.8) is 0 Å². The standard InChI is InChI=1S/C30H31NO8S/c1-22-13-15-26(16-14-22)40(34,35)39-29-27(21-36-19-24-9-5-3-6-10-24)31(18-17-28(29)38-23(2)32)30(33)37-20-25-11-7-4-8-12-25/h3-18,27-29H,19-21H2,1-2H3/t27-,28-,29-/m1/s1. The van der Waals surface area contributed by atoms with Crippen LogP contribution >= 0.6 is 0 Å². The Morgan fingerprint density at radius 2 is 1.45 bits per heavy atom. The third-order valence-corrected chi connectivity index (χ3v) is 7.49. The van der Waals surface area contributed by atoms with Crippen molar-refractivity contribution < 1.29 is 36.4 Å². The van der Waals surface area contributed by atoms with Gasteiger partial charge < -0.3 is 14.2 Å². The highest BCUT2D eigenvalue weighted by atomic mass is 32.2. The predicted octanol–water partition coefficient (Wildman–Crippen LogP) is 4.75. The van der Waals surface area contributed by atoms with Crippen molar-refractivity contribution in [2.24, 2.45) is 0 Å². The number of hydrogen-bond donors (Lipinski definition) is 0. The molecule has 1 aliphatic heterocycles. The third kappa shape index (κ3) is 7.78. The lowest BCUT2D eigenvalue weighted by atomic mass is 10.0. The van der Waals surface area contributed by atoms with E-state index in [2.05, 4.69) is 0 Å². The lowest BCUT2D eigenvalue weighted by molar-refractivity contribution is -0.151. The van der Waals surface area contributed by atoms with Gasteiger partial charge in [0.25, 0.3) is 10.1 Å². The van der Waals surface area contributed by atoms with Crippen molar-refractivity contribution >= 4 is 22.2 Å².